The van der Waals surface area contributed by atoms with Gasteiger partial charge in [-0.05, 0) is 24.6 Å². The Bertz CT molecular complexity index is 867. The molecule has 0 radical (unpaired) electrons. The maximum Gasteiger partial charge on any atom is 0.278 e. The smallest absolute Gasteiger partial charge is 0.278 e. The topological polar surface area (TPSA) is 42.2 Å². The molecule has 2 aromatic rings. The lowest BCUT2D eigenvalue weighted by atomic mass is 9.91. The minimum atomic E-state index is -3.49. The summed E-state index contributed by atoms with van der Waals surface area (Å²) in [5.41, 5.74) is -1.15. The Hall–Kier alpha value is -1.81. The number of aliphatic hydroxyl groups excluding tert-OH is 1. The summed E-state index contributed by atoms with van der Waals surface area (Å²) in [7, 11) is -2.31. The maximum absolute atomic E-state index is 13.9. The lowest BCUT2D eigenvalue weighted by Gasteiger charge is -2.29. The normalized spacial score (nSPS) is 20.2. The Labute approximate surface area is 146 Å². The van der Waals surface area contributed by atoms with E-state index in [4.69, 9.17) is 0 Å². The van der Waals surface area contributed by atoms with E-state index in [-0.39, 0.29) is 28.3 Å². The third kappa shape index (κ3) is 3.05. The number of hydrogen-bond acceptors (Lipinski definition) is 2. The van der Waals surface area contributed by atoms with Gasteiger partial charge >= 0.3 is 0 Å². The lowest BCUT2D eigenvalue weighted by Crippen LogP contribution is -2.32. The van der Waals surface area contributed by atoms with Crippen LogP contribution in [-0.4, -0.2) is 25.8 Å². The molecule has 2 atom stereocenters. The van der Waals surface area contributed by atoms with E-state index in [9.17, 15) is 35.7 Å². The zero-order valence-corrected chi connectivity index (χ0v) is 13.9. The fourth-order valence-corrected chi connectivity index (χ4v) is 3.85. The summed E-state index contributed by atoms with van der Waals surface area (Å²) in [6, 6.07) is 1.41. The number of hydrogen-bond donors (Lipinski definition) is 1. The van der Waals surface area contributed by atoms with Crippen molar-refractivity contribution in [2.75, 3.05) is 6.01 Å². The van der Waals surface area contributed by atoms with Crippen LogP contribution in [0.1, 0.15) is 35.8 Å². The first kappa shape index (κ1) is 19.0. The predicted octanol–water partition coefficient (Wildman–Crippen LogP) is 4.20. The van der Waals surface area contributed by atoms with Crippen molar-refractivity contribution in [3.63, 3.8) is 0 Å². The Morgan fingerprint density at radius 1 is 1.35 bits per heavy atom. The molecular formula is C16H13F6NO2S. The summed E-state index contributed by atoms with van der Waals surface area (Å²) >= 11 is 0. The van der Waals surface area contributed by atoms with Crippen molar-refractivity contribution in [1.82, 2.24) is 4.57 Å². The van der Waals surface area contributed by atoms with Crippen LogP contribution in [0.4, 0.5) is 26.3 Å². The van der Waals surface area contributed by atoms with Gasteiger partial charge in [0.05, 0.1) is 21.3 Å². The number of benzene rings is 1. The number of aliphatic hydroxyl groups is 1. The van der Waals surface area contributed by atoms with Gasteiger partial charge in [0.2, 0.25) is 0 Å². The zero-order valence-electron chi connectivity index (χ0n) is 13.1. The van der Waals surface area contributed by atoms with Crippen molar-refractivity contribution in [3.05, 3.63) is 47.0 Å². The molecule has 0 spiro atoms. The van der Waals surface area contributed by atoms with E-state index < -0.39 is 53.1 Å². The van der Waals surface area contributed by atoms with E-state index in [1.54, 1.807) is 0 Å². The highest BCUT2D eigenvalue weighted by molar-refractivity contribution is 7.84. The van der Waals surface area contributed by atoms with E-state index >= 15 is 0 Å². The zero-order chi connectivity index (χ0) is 19.2. The van der Waals surface area contributed by atoms with Gasteiger partial charge in [0, 0.05) is 29.6 Å². The van der Waals surface area contributed by atoms with Crippen LogP contribution in [-0.2, 0) is 17.2 Å². The molecule has 3 nitrogen and oxygen atoms in total. The van der Waals surface area contributed by atoms with Gasteiger partial charge in [-0.25, -0.2) is 26.3 Å². The number of aromatic nitrogens is 1. The van der Waals surface area contributed by atoms with Crippen molar-refractivity contribution >= 4 is 10.8 Å². The average Bonchev–Trinajstić information content (AvgIpc) is 2.98. The number of halogens is 6. The van der Waals surface area contributed by atoms with Gasteiger partial charge in [-0.2, -0.15) is 0 Å². The summed E-state index contributed by atoms with van der Waals surface area (Å²) < 4.78 is 93.0. The van der Waals surface area contributed by atoms with E-state index in [0.29, 0.717) is 0 Å². The minimum Gasteiger partial charge on any atom is -0.382 e. The van der Waals surface area contributed by atoms with Crippen molar-refractivity contribution in [2.45, 2.75) is 36.2 Å². The van der Waals surface area contributed by atoms with E-state index in [1.807, 2.05) is 0 Å². The molecular weight excluding hydrogens is 384 g/mol. The number of alkyl halides is 5. The molecule has 26 heavy (non-hydrogen) atoms. The Balaban J connectivity index is 2.22. The largest absolute Gasteiger partial charge is 0.382 e. The summed E-state index contributed by atoms with van der Waals surface area (Å²) in [5.74, 6) is -4.63. The highest BCUT2D eigenvalue weighted by Crippen LogP contribution is 2.45. The number of nitrogens with zero attached hydrogens (tertiary/aromatic N) is 1. The van der Waals surface area contributed by atoms with Crippen LogP contribution < -0.4 is 0 Å². The molecule has 10 heteroatoms. The highest BCUT2D eigenvalue weighted by atomic mass is 32.2. The molecule has 1 N–H and O–H groups in total. The molecule has 1 aromatic heterocycles. The molecule has 0 amide bonds. The highest BCUT2D eigenvalue weighted by Gasteiger charge is 2.46. The van der Waals surface area contributed by atoms with Crippen molar-refractivity contribution in [2.24, 2.45) is 0 Å². The Morgan fingerprint density at radius 3 is 2.65 bits per heavy atom. The van der Waals surface area contributed by atoms with Crippen LogP contribution >= 0.6 is 0 Å². The quantitative estimate of drug-likeness (QED) is 0.786. The Kier molecular flexibility index (Phi) is 4.91. The van der Waals surface area contributed by atoms with E-state index in [2.05, 4.69) is 0 Å². The SMILES string of the molecule is O=S(CF)c1cn(-c2ccc(F)c(C(F)F)c2)c2c1[C@H](O)C(F)(F)CC2. The van der Waals surface area contributed by atoms with Gasteiger partial charge in [0.15, 0.2) is 6.01 Å². The molecule has 142 valence electrons. The molecule has 1 aliphatic rings. The van der Waals surface area contributed by atoms with Gasteiger partial charge in [-0.1, -0.05) is 0 Å². The second-order valence-corrected chi connectivity index (χ2v) is 7.20. The van der Waals surface area contributed by atoms with Gasteiger partial charge in [0.25, 0.3) is 12.3 Å². The summed E-state index contributed by atoms with van der Waals surface area (Å²) in [6.07, 6.45) is -5.32. The summed E-state index contributed by atoms with van der Waals surface area (Å²) in [5, 5.41) is 9.96. The molecule has 0 aliphatic heterocycles. The fraction of sp³-hybridized carbons (Fsp3) is 0.375. The van der Waals surface area contributed by atoms with Gasteiger partial charge in [0.1, 0.15) is 11.9 Å². The van der Waals surface area contributed by atoms with E-state index in [1.165, 1.54) is 4.57 Å². The standard InChI is InChI=1S/C16H13F6NO2S/c17-7-26(25)12-6-23(8-1-2-10(18)9(5-8)15(19)20)11-3-4-16(21,22)14(24)13(11)12/h1-2,5-6,14-15,24H,3-4,7H2/t14-,26?/m0/s1. The van der Waals surface area contributed by atoms with Crippen LogP contribution in [0.5, 0.6) is 0 Å². The van der Waals surface area contributed by atoms with Crippen LogP contribution in [0.25, 0.3) is 5.69 Å². The van der Waals surface area contributed by atoms with Gasteiger partial charge < -0.3 is 9.67 Å². The number of fused-ring (bicyclic) bond motifs is 1. The van der Waals surface area contributed by atoms with Crippen molar-refractivity contribution in [1.29, 1.82) is 0 Å². The van der Waals surface area contributed by atoms with Crippen LogP contribution in [0.3, 0.4) is 0 Å². The van der Waals surface area contributed by atoms with Crippen LogP contribution in [0.2, 0.25) is 0 Å². The average molecular weight is 397 g/mol. The maximum atomic E-state index is 13.9. The molecule has 0 saturated heterocycles. The van der Waals surface area contributed by atoms with E-state index in [0.717, 1.165) is 24.4 Å². The molecule has 0 saturated carbocycles. The first-order chi connectivity index (χ1) is 12.2. The molecule has 0 fully saturated rings. The second kappa shape index (κ2) is 6.73. The van der Waals surface area contributed by atoms with Crippen molar-refractivity contribution < 1.29 is 35.7 Å². The molecule has 0 bridgehead atoms. The fourth-order valence-electron chi connectivity index (χ4n) is 3.04. The van der Waals surface area contributed by atoms with Crippen LogP contribution in [0, 0.1) is 5.82 Å². The summed E-state index contributed by atoms with van der Waals surface area (Å²) in [6.45, 7) is 0. The second-order valence-electron chi connectivity index (χ2n) is 5.85. The molecule has 1 aliphatic carbocycles. The molecule has 3 rings (SSSR count). The number of rotatable bonds is 4. The molecule has 1 heterocycles. The third-order valence-corrected chi connectivity index (χ3v) is 5.33. The minimum absolute atomic E-state index is 0.0116. The third-order valence-electron chi connectivity index (χ3n) is 4.32. The predicted molar refractivity (Wildman–Crippen MR) is 81.3 cm³/mol. The van der Waals surface area contributed by atoms with Gasteiger partial charge in [-0.3, -0.25) is 4.21 Å². The lowest BCUT2D eigenvalue weighted by molar-refractivity contribution is -0.123. The molecule has 1 unspecified atom stereocenters. The first-order valence-electron chi connectivity index (χ1n) is 7.49. The monoisotopic (exact) mass is 397 g/mol. The van der Waals surface area contributed by atoms with Crippen molar-refractivity contribution in [3.8, 4) is 5.69 Å². The van der Waals surface area contributed by atoms with Crippen LogP contribution in [0.15, 0.2) is 29.3 Å². The molecule has 1 aromatic carbocycles. The van der Waals surface area contributed by atoms with Gasteiger partial charge in [-0.15, -0.1) is 0 Å². The summed E-state index contributed by atoms with van der Waals surface area (Å²) in [4.78, 5) is -0.336. The Morgan fingerprint density at radius 2 is 2.04 bits per heavy atom. The first-order valence-corrected chi connectivity index (χ1v) is 8.81.